The fourth-order valence-electron chi connectivity index (χ4n) is 1.31. The van der Waals surface area contributed by atoms with E-state index in [2.05, 4.69) is 0 Å². The van der Waals surface area contributed by atoms with Gasteiger partial charge in [0.15, 0.2) is 12.5 Å². The van der Waals surface area contributed by atoms with E-state index in [1.54, 1.807) is 6.92 Å². The van der Waals surface area contributed by atoms with Gasteiger partial charge >= 0.3 is 0 Å². The van der Waals surface area contributed by atoms with Crippen molar-refractivity contribution in [1.29, 1.82) is 0 Å². The first-order valence-corrected chi connectivity index (χ1v) is 3.64. The lowest BCUT2D eigenvalue weighted by Gasteiger charge is -2.10. The largest absolute Gasteiger partial charge is 0.366 e. The van der Waals surface area contributed by atoms with Gasteiger partial charge in [0.2, 0.25) is 0 Å². The van der Waals surface area contributed by atoms with Crippen molar-refractivity contribution in [2.24, 2.45) is 5.92 Å². The Morgan fingerprint density at radius 1 is 1.60 bits per heavy atom. The van der Waals surface area contributed by atoms with E-state index in [1.807, 2.05) is 6.92 Å². The summed E-state index contributed by atoms with van der Waals surface area (Å²) in [5, 5.41) is 8.87. The molecule has 60 valence electrons. The molecule has 0 saturated carbocycles. The molecule has 1 aliphatic heterocycles. The average Bonchev–Trinajstić information content (AvgIpc) is 2.17. The summed E-state index contributed by atoms with van der Waals surface area (Å²) in [5.41, 5.74) is 0. The van der Waals surface area contributed by atoms with Gasteiger partial charge in [-0.25, -0.2) is 4.39 Å². The monoisotopic (exact) mass is 148 g/mol. The van der Waals surface area contributed by atoms with Gasteiger partial charge in [-0.15, -0.1) is 0 Å². The number of rotatable bonds is 1. The number of aliphatic hydroxyl groups excluding tert-OH is 1. The van der Waals surface area contributed by atoms with Crippen LogP contribution < -0.4 is 0 Å². The SMILES string of the molecule is CC[C@H]1OC(O)[C@H](F)[C@@H]1C. The number of hydrogen-bond acceptors (Lipinski definition) is 2. The third-order valence-electron chi connectivity index (χ3n) is 2.08. The molecule has 3 heteroatoms. The lowest BCUT2D eigenvalue weighted by atomic mass is 10.0. The van der Waals surface area contributed by atoms with Crippen molar-refractivity contribution in [2.75, 3.05) is 0 Å². The second-order valence-electron chi connectivity index (χ2n) is 2.78. The van der Waals surface area contributed by atoms with E-state index in [1.165, 1.54) is 0 Å². The van der Waals surface area contributed by atoms with Crippen LogP contribution in [-0.2, 0) is 4.74 Å². The van der Waals surface area contributed by atoms with Crippen molar-refractivity contribution >= 4 is 0 Å². The topological polar surface area (TPSA) is 29.5 Å². The van der Waals surface area contributed by atoms with Gasteiger partial charge < -0.3 is 9.84 Å². The van der Waals surface area contributed by atoms with Gasteiger partial charge in [-0.2, -0.15) is 0 Å². The summed E-state index contributed by atoms with van der Waals surface area (Å²) in [6.45, 7) is 3.68. The minimum absolute atomic E-state index is 0.106. The number of ether oxygens (including phenoxy) is 1. The van der Waals surface area contributed by atoms with Crippen LogP contribution in [0.4, 0.5) is 4.39 Å². The molecule has 1 aliphatic rings. The molecule has 1 saturated heterocycles. The van der Waals surface area contributed by atoms with Crippen LogP contribution in [0.3, 0.4) is 0 Å². The van der Waals surface area contributed by atoms with Crippen LogP contribution >= 0.6 is 0 Å². The molecular formula is C7H13FO2. The first kappa shape index (κ1) is 7.95. The van der Waals surface area contributed by atoms with Gasteiger partial charge in [0, 0.05) is 5.92 Å². The molecule has 0 aromatic carbocycles. The van der Waals surface area contributed by atoms with Crippen molar-refractivity contribution in [2.45, 2.75) is 38.8 Å². The minimum Gasteiger partial charge on any atom is -0.366 e. The highest BCUT2D eigenvalue weighted by atomic mass is 19.1. The van der Waals surface area contributed by atoms with Crippen molar-refractivity contribution in [3.8, 4) is 0 Å². The van der Waals surface area contributed by atoms with E-state index >= 15 is 0 Å². The van der Waals surface area contributed by atoms with Crippen molar-refractivity contribution < 1.29 is 14.2 Å². The maximum atomic E-state index is 12.8. The summed E-state index contributed by atoms with van der Waals surface area (Å²) < 4.78 is 17.7. The summed E-state index contributed by atoms with van der Waals surface area (Å²) in [5.74, 6) is -0.167. The quantitative estimate of drug-likeness (QED) is 0.603. The van der Waals surface area contributed by atoms with Gasteiger partial charge in [0.25, 0.3) is 0 Å². The van der Waals surface area contributed by atoms with Crippen LogP contribution in [-0.4, -0.2) is 23.7 Å². The number of alkyl halides is 1. The molecule has 2 nitrogen and oxygen atoms in total. The van der Waals surface area contributed by atoms with Crippen LogP contribution in [0.5, 0.6) is 0 Å². The normalized spacial score (nSPS) is 48.0. The summed E-state index contributed by atoms with van der Waals surface area (Å²) >= 11 is 0. The van der Waals surface area contributed by atoms with Crippen molar-refractivity contribution in [3.05, 3.63) is 0 Å². The molecule has 0 spiro atoms. The summed E-state index contributed by atoms with van der Waals surface area (Å²) in [6, 6.07) is 0. The lowest BCUT2D eigenvalue weighted by Crippen LogP contribution is -2.20. The van der Waals surface area contributed by atoms with E-state index in [-0.39, 0.29) is 12.0 Å². The van der Waals surface area contributed by atoms with E-state index in [0.29, 0.717) is 0 Å². The Kier molecular flexibility index (Phi) is 2.26. The van der Waals surface area contributed by atoms with E-state index in [9.17, 15) is 4.39 Å². The Bertz CT molecular complexity index is 118. The Morgan fingerprint density at radius 3 is 2.40 bits per heavy atom. The Balaban J connectivity index is 2.53. The second kappa shape index (κ2) is 2.84. The number of halogens is 1. The van der Waals surface area contributed by atoms with E-state index in [0.717, 1.165) is 6.42 Å². The molecule has 0 aromatic heterocycles. The third-order valence-corrected chi connectivity index (χ3v) is 2.08. The smallest absolute Gasteiger partial charge is 0.186 e. The van der Waals surface area contributed by atoms with Crippen molar-refractivity contribution in [3.63, 3.8) is 0 Å². The zero-order chi connectivity index (χ0) is 7.72. The number of hydrogen-bond donors (Lipinski definition) is 1. The third kappa shape index (κ3) is 1.16. The lowest BCUT2D eigenvalue weighted by molar-refractivity contribution is -0.112. The summed E-state index contributed by atoms with van der Waals surface area (Å²) in [6.07, 6.45) is -1.74. The van der Waals surface area contributed by atoms with Crippen LogP contribution in [0.2, 0.25) is 0 Å². The molecule has 1 fully saturated rings. The van der Waals surface area contributed by atoms with Gasteiger partial charge in [0.1, 0.15) is 0 Å². The van der Waals surface area contributed by atoms with Gasteiger partial charge in [-0.3, -0.25) is 0 Å². The fraction of sp³-hybridized carbons (Fsp3) is 1.00. The molecule has 1 unspecified atom stereocenters. The molecule has 10 heavy (non-hydrogen) atoms. The highest BCUT2D eigenvalue weighted by Gasteiger charge is 2.39. The molecule has 1 rings (SSSR count). The highest BCUT2D eigenvalue weighted by molar-refractivity contribution is 4.82. The van der Waals surface area contributed by atoms with Gasteiger partial charge in [-0.05, 0) is 6.42 Å². The molecule has 1 heterocycles. The predicted molar refractivity (Wildman–Crippen MR) is 35.2 cm³/mol. The molecule has 4 atom stereocenters. The summed E-state index contributed by atoms with van der Waals surface area (Å²) in [4.78, 5) is 0. The Morgan fingerprint density at radius 2 is 2.20 bits per heavy atom. The Labute approximate surface area is 60.0 Å². The maximum Gasteiger partial charge on any atom is 0.186 e. The molecular weight excluding hydrogens is 135 g/mol. The minimum atomic E-state index is -1.20. The fourth-order valence-corrected chi connectivity index (χ4v) is 1.31. The maximum absolute atomic E-state index is 12.8. The van der Waals surface area contributed by atoms with Gasteiger partial charge in [0.05, 0.1) is 6.10 Å². The van der Waals surface area contributed by atoms with Crippen LogP contribution in [0.1, 0.15) is 20.3 Å². The standard InChI is InChI=1S/C7H13FO2/c1-3-5-4(2)6(8)7(9)10-5/h4-7,9H,3H2,1-2H3/t4-,5-,6-,7?/m1/s1. The first-order valence-electron chi connectivity index (χ1n) is 3.64. The first-order chi connectivity index (χ1) is 4.66. The molecule has 0 radical (unpaired) electrons. The average molecular weight is 148 g/mol. The molecule has 1 N–H and O–H groups in total. The van der Waals surface area contributed by atoms with Crippen LogP contribution in [0.25, 0.3) is 0 Å². The molecule has 0 amide bonds. The zero-order valence-electron chi connectivity index (χ0n) is 6.25. The summed E-state index contributed by atoms with van der Waals surface area (Å²) in [7, 11) is 0. The van der Waals surface area contributed by atoms with E-state index in [4.69, 9.17) is 9.84 Å². The zero-order valence-corrected chi connectivity index (χ0v) is 6.25. The number of aliphatic hydroxyl groups is 1. The van der Waals surface area contributed by atoms with Gasteiger partial charge in [-0.1, -0.05) is 13.8 Å². The highest BCUT2D eigenvalue weighted by Crippen LogP contribution is 2.29. The van der Waals surface area contributed by atoms with Crippen LogP contribution in [0.15, 0.2) is 0 Å². The molecule has 0 aliphatic carbocycles. The molecule has 0 aromatic rings. The van der Waals surface area contributed by atoms with Crippen LogP contribution in [0, 0.1) is 5.92 Å². The Hall–Kier alpha value is -0.150. The van der Waals surface area contributed by atoms with E-state index < -0.39 is 12.5 Å². The second-order valence-corrected chi connectivity index (χ2v) is 2.78. The predicted octanol–water partition coefficient (Wildman–Crippen LogP) is 1.09. The van der Waals surface area contributed by atoms with Crippen molar-refractivity contribution in [1.82, 2.24) is 0 Å². The molecule has 0 bridgehead atoms.